The number of rotatable bonds is 41. The van der Waals surface area contributed by atoms with E-state index in [2.05, 4.69) is 0 Å². The predicted octanol–water partition coefficient (Wildman–Crippen LogP) is 24.4. The molecule has 3 rings (SSSR count). The maximum Gasteiger partial charge on any atom is 0.460 e. The number of aryl methyl sites for hydroxylation is 9. The fourth-order valence-corrected chi connectivity index (χ4v) is 15.3. The smallest absolute Gasteiger partial charge is 0.397 e. The summed E-state index contributed by atoms with van der Waals surface area (Å²) in [6.45, 7) is 16.4. The van der Waals surface area contributed by atoms with Crippen molar-refractivity contribution in [2.45, 2.75) is 316 Å². The van der Waals surface area contributed by atoms with Crippen LogP contribution >= 0.6 is 10.3 Å². The van der Waals surface area contributed by atoms with Gasteiger partial charge in [-0.25, -0.2) is 4.79 Å². The lowest BCUT2D eigenvalue weighted by molar-refractivity contribution is -0.477. The summed E-state index contributed by atoms with van der Waals surface area (Å²) in [6.07, 6.45) is 0.837. The van der Waals surface area contributed by atoms with Crippen LogP contribution < -0.4 is 0 Å². The molecule has 3 aromatic rings. The van der Waals surface area contributed by atoms with Crippen LogP contribution in [0, 0.1) is 0 Å². The van der Waals surface area contributed by atoms with Gasteiger partial charge in [-0.2, -0.15) is 101 Å². The largest absolute Gasteiger partial charge is 0.460 e. The topological polar surface area (TPSA) is 26.3 Å². The highest BCUT2D eigenvalue weighted by atomic mass is 32.3. The molecule has 0 heterocycles. The maximum absolute atomic E-state index is 17.6. The fourth-order valence-electron chi connectivity index (χ4n) is 11.0. The van der Waals surface area contributed by atoms with E-state index in [4.69, 9.17) is 4.18 Å². The summed E-state index contributed by atoms with van der Waals surface area (Å²) in [7, 11) is -4.82. The Hall–Kier alpha value is -4.13. The van der Waals surface area contributed by atoms with E-state index in [0.717, 1.165) is 0 Å². The predicted molar refractivity (Wildman–Crippen MR) is 311 cm³/mol. The van der Waals surface area contributed by atoms with Crippen molar-refractivity contribution in [1.82, 2.24) is 0 Å². The van der Waals surface area contributed by atoms with Gasteiger partial charge >= 0.3 is 71.4 Å². The van der Waals surface area contributed by atoms with E-state index in [-0.39, 0.29) is 125 Å². The van der Waals surface area contributed by atoms with Gasteiger partial charge in [0.1, 0.15) is 0 Å². The first kappa shape index (κ1) is 82.1. The van der Waals surface area contributed by atoms with E-state index in [1.807, 2.05) is 20.8 Å². The quantitative estimate of drug-likeness (QED) is 0.0529. The molecule has 0 aliphatic carbocycles. The van der Waals surface area contributed by atoms with Gasteiger partial charge in [-0.05, 0) is 176 Å². The number of carbonyl (C=O) groups is 1. The SMILES string of the molecule is CCCCc1cc(CCCC)c(S(OC(=O)C(F)(F)C(F)(F)C(F)(F)C(F)(F)C(F)(F)C(F)(F)C(F)(F)C(F)(F)C(F)(F)C(F)(F)C(F)(F)F)(c2c(CCCC)cc(CCCC)cc2CCCC)c2c(CCCC)cc(CCCC)cc2CCCC)c(CCCC)c1. The molecule has 26 heteroatoms. The number of carbonyl (C=O) groups excluding carboxylic acids is 1. The lowest BCUT2D eigenvalue weighted by Crippen LogP contribution is -2.78. The highest BCUT2D eigenvalue weighted by Crippen LogP contribution is 2.76. The standard InChI is InChI=1S/C66H87F23O2S/c1-10-19-28-43-37-46(31-22-13-4)52(47(38-43)32-23-14-5)92(53-48(33-24-15-6)39-44(29-20-11-2)40-49(53)34-25-16-7,54-50(35-26-17-8)41-45(30-21-12-3)42-51(54)36-27-18-9)91-55(90)56(67,68)57(69,70)58(71,72)59(73,74)60(75,76)61(77,78)62(79,80)63(81,82)64(83,84)65(85,86)66(87,88)89/h37-42H,10-36H2,1-9H3. The highest BCUT2D eigenvalue weighted by molar-refractivity contribution is 8.30. The van der Waals surface area contributed by atoms with Crippen molar-refractivity contribution in [3.63, 3.8) is 0 Å². The number of halogens is 23. The third-order valence-electron chi connectivity index (χ3n) is 16.4. The zero-order valence-electron chi connectivity index (χ0n) is 53.5. The third kappa shape index (κ3) is 15.6. The first-order valence-electron chi connectivity index (χ1n) is 31.8. The normalized spacial score (nSPS) is 14.2. The summed E-state index contributed by atoms with van der Waals surface area (Å²) >= 11 is 0. The second kappa shape index (κ2) is 32.3. The Labute approximate surface area is 526 Å². The minimum atomic E-state index is -9.60. The van der Waals surface area contributed by atoms with Crippen LogP contribution in [-0.4, -0.2) is 71.4 Å². The van der Waals surface area contributed by atoms with Crippen molar-refractivity contribution in [2.24, 2.45) is 0 Å². The zero-order valence-corrected chi connectivity index (χ0v) is 54.3. The first-order chi connectivity index (χ1) is 42.4. The van der Waals surface area contributed by atoms with Crippen molar-refractivity contribution < 1.29 is 110 Å². The molecule has 0 atom stereocenters. The van der Waals surface area contributed by atoms with E-state index in [1.165, 1.54) is 0 Å². The van der Waals surface area contributed by atoms with E-state index in [9.17, 15) is 48.3 Å². The lowest BCUT2D eigenvalue weighted by atomic mass is 9.85. The average molecular weight is 1380 g/mol. The second-order valence-corrected chi connectivity index (χ2v) is 26.3. The Balaban J connectivity index is 2.99. The van der Waals surface area contributed by atoms with E-state index >= 15 is 57.5 Å². The molecule has 0 saturated carbocycles. The zero-order chi connectivity index (χ0) is 70.5. The van der Waals surface area contributed by atoms with Gasteiger partial charge in [0.05, 0.1) is 0 Å². The van der Waals surface area contributed by atoms with E-state index in [0.29, 0.717) is 113 Å². The molecule has 0 aliphatic heterocycles. The molecule has 0 radical (unpaired) electrons. The Kier molecular flexibility index (Phi) is 28.8. The number of hydrogen-bond acceptors (Lipinski definition) is 2. The number of benzene rings is 3. The molecule has 0 amide bonds. The van der Waals surface area contributed by atoms with Gasteiger partial charge in [0.2, 0.25) is 0 Å². The Morgan fingerprint density at radius 3 is 0.641 bits per heavy atom. The minimum Gasteiger partial charge on any atom is -0.397 e. The molecule has 0 saturated heterocycles. The van der Waals surface area contributed by atoms with Gasteiger partial charge in [-0.3, -0.25) is 0 Å². The van der Waals surface area contributed by atoms with Crippen LogP contribution in [0.4, 0.5) is 101 Å². The van der Waals surface area contributed by atoms with Gasteiger partial charge in [0, 0.05) is 14.7 Å². The molecule has 530 valence electrons. The first-order valence-corrected chi connectivity index (χ1v) is 33.4. The molecule has 0 spiro atoms. The number of hydrogen-bond donors (Lipinski definition) is 0. The molecule has 0 fully saturated rings. The lowest BCUT2D eigenvalue weighted by Gasteiger charge is -2.48. The molecule has 0 bridgehead atoms. The Morgan fingerprint density at radius 2 is 0.457 bits per heavy atom. The molecule has 0 N–H and O–H groups in total. The molecule has 3 aromatic carbocycles. The summed E-state index contributed by atoms with van der Waals surface area (Å²) in [5, 5.41) is 0. The van der Waals surface area contributed by atoms with Crippen LogP contribution in [0.25, 0.3) is 0 Å². The van der Waals surface area contributed by atoms with Crippen molar-refractivity contribution >= 4 is 16.3 Å². The maximum atomic E-state index is 17.6. The summed E-state index contributed by atoms with van der Waals surface area (Å²) in [4.78, 5) is 15.2. The molecule has 0 aromatic heterocycles. The molecular formula is C66H87F23O2S. The van der Waals surface area contributed by atoms with E-state index < -0.39 is 81.7 Å². The fraction of sp³-hybridized carbons (Fsp3) is 0.712. The van der Waals surface area contributed by atoms with Crippen LogP contribution in [0.15, 0.2) is 51.1 Å². The summed E-state index contributed by atoms with van der Waals surface area (Å²) in [5.41, 5.74) is 3.61. The van der Waals surface area contributed by atoms with Gasteiger partial charge in [-0.1, -0.05) is 156 Å². The van der Waals surface area contributed by atoms with Gasteiger partial charge in [0.15, 0.2) is 0 Å². The van der Waals surface area contributed by atoms with Gasteiger partial charge in [-0.15, -0.1) is 0 Å². The summed E-state index contributed by atoms with van der Waals surface area (Å²) in [6, 6.07) is 10.2. The molecule has 0 aliphatic rings. The van der Waals surface area contributed by atoms with Crippen molar-refractivity contribution in [3.05, 3.63) is 86.5 Å². The van der Waals surface area contributed by atoms with Gasteiger partial charge in [0.25, 0.3) is 0 Å². The number of unbranched alkanes of at least 4 members (excludes halogenated alkanes) is 9. The Bertz CT molecular complexity index is 2570. The third-order valence-corrected chi connectivity index (χ3v) is 20.1. The van der Waals surface area contributed by atoms with Crippen LogP contribution in [0.3, 0.4) is 0 Å². The average Bonchev–Trinajstić information content (AvgIpc) is 0.689. The van der Waals surface area contributed by atoms with Crippen LogP contribution in [0.1, 0.15) is 228 Å². The van der Waals surface area contributed by atoms with E-state index in [1.54, 1.807) is 77.9 Å². The molecule has 92 heavy (non-hydrogen) atoms. The second-order valence-electron chi connectivity index (χ2n) is 23.8. The highest BCUT2D eigenvalue weighted by Gasteiger charge is 2.99. The summed E-state index contributed by atoms with van der Waals surface area (Å²) < 4.78 is 355. The summed E-state index contributed by atoms with van der Waals surface area (Å²) in [5.74, 6) is -94.8. The Morgan fingerprint density at radius 1 is 0.283 bits per heavy atom. The molecular weight excluding hydrogens is 1290 g/mol. The molecule has 2 nitrogen and oxygen atoms in total. The van der Waals surface area contributed by atoms with Crippen molar-refractivity contribution in [1.29, 1.82) is 0 Å². The monoisotopic (exact) mass is 1380 g/mol. The van der Waals surface area contributed by atoms with Crippen molar-refractivity contribution in [3.8, 4) is 0 Å². The number of alkyl halides is 23. The van der Waals surface area contributed by atoms with Crippen LogP contribution in [0.2, 0.25) is 0 Å². The van der Waals surface area contributed by atoms with Crippen LogP contribution in [0.5, 0.6) is 0 Å². The van der Waals surface area contributed by atoms with Gasteiger partial charge < -0.3 is 4.18 Å². The van der Waals surface area contributed by atoms with Crippen LogP contribution in [-0.2, 0) is 66.8 Å². The molecule has 0 unspecified atom stereocenters. The minimum absolute atomic E-state index is 0.00711. The van der Waals surface area contributed by atoms with Crippen molar-refractivity contribution in [2.75, 3.05) is 0 Å².